The van der Waals surface area contributed by atoms with Crippen LogP contribution >= 0.6 is 0 Å². The number of hydrogen-bond donors (Lipinski definition) is 2. The van der Waals surface area contributed by atoms with Gasteiger partial charge in [0.05, 0.1) is 0 Å². The van der Waals surface area contributed by atoms with Crippen molar-refractivity contribution in [3.63, 3.8) is 0 Å². The van der Waals surface area contributed by atoms with Crippen LogP contribution in [0.25, 0.3) is 0 Å². The van der Waals surface area contributed by atoms with Crippen molar-refractivity contribution in [1.29, 1.82) is 0 Å². The van der Waals surface area contributed by atoms with Crippen molar-refractivity contribution in [2.45, 2.75) is 44.4 Å². The lowest BCUT2D eigenvalue weighted by Crippen LogP contribution is -2.16. The van der Waals surface area contributed by atoms with E-state index in [-0.39, 0.29) is 11.7 Å². The van der Waals surface area contributed by atoms with Crippen LogP contribution in [0.15, 0.2) is 18.2 Å². The average Bonchev–Trinajstić information content (AvgIpc) is 3.25. The fourth-order valence-corrected chi connectivity index (χ4v) is 2.99. The molecule has 1 fully saturated rings. The third-order valence-electron chi connectivity index (χ3n) is 4.31. The summed E-state index contributed by atoms with van der Waals surface area (Å²) in [6.45, 7) is 0. The van der Waals surface area contributed by atoms with Crippen molar-refractivity contribution in [2.24, 2.45) is 0 Å². The lowest BCUT2D eigenvalue weighted by atomic mass is 9.90. The first-order valence-corrected chi connectivity index (χ1v) is 7.65. The molecular weight excluding hydrogens is 264 g/mol. The van der Waals surface area contributed by atoms with Crippen molar-refractivity contribution < 1.29 is 4.79 Å². The van der Waals surface area contributed by atoms with E-state index in [1.165, 1.54) is 24.0 Å². The van der Waals surface area contributed by atoms with Gasteiger partial charge in [-0.15, -0.1) is 5.10 Å². The number of carbonyl (C=O) groups excluding carboxylic acids is 1. The maximum atomic E-state index is 12.3. The number of aryl methyl sites for hydroxylation is 1. The van der Waals surface area contributed by atoms with Gasteiger partial charge in [-0.1, -0.05) is 12.1 Å². The van der Waals surface area contributed by atoms with Crippen molar-refractivity contribution in [3.8, 4) is 0 Å². The summed E-state index contributed by atoms with van der Waals surface area (Å²) < 4.78 is 0. The van der Waals surface area contributed by atoms with Crippen LogP contribution in [-0.4, -0.2) is 21.1 Å². The first-order valence-electron chi connectivity index (χ1n) is 7.65. The molecule has 0 unspecified atom stereocenters. The van der Waals surface area contributed by atoms with E-state index < -0.39 is 0 Å². The van der Waals surface area contributed by atoms with E-state index in [2.05, 4.69) is 26.6 Å². The molecule has 1 aromatic carbocycles. The largest absolute Gasteiger partial charge is 0.319 e. The minimum absolute atomic E-state index is 0.225. The van der Waals surface area contributed by atoms with E-state index in [0.717, 1.165) is 37.2 Å². The Kier molecular flexibility index (Phi) is 2.98. The number of anilines is 1. The summed E-state index contributed by atoms with van der Waals surface area (Å²) in [4.78, 5) is 16.6. The number of rotatable bonds is 3. The summed E-state index contributed by atoms with van der Waals surface area (Å²) in [5.74, 6) is 1.33. The molecule has 5 heteroatoms. The third kappa shape index (κ3) is 2.44. The van der Waals surface area contributed by atoms with Crippen LogP contribution in [0.4, 0.5) is 5.69 Å². The number of amides is 1. The molecule has 2 aliphatic carbocycles. The van der Waals surface area contributed by atoms with Gasteiger partial charge in [0.15, 0.2) is 0 Å². The van der Waals surface area contributed by atoms with E-state index in [4.69, 9.17) is 0 Å². The van der Waals surface area contributed by atoms with Crippen LogP contribution in [0.5, 0.6) is 0 Å². The summed E-state index contributed by atoms with van der Waals surface area (Å²) >= 11 is 0. The number of carbonyl (C=O) groups is 1. The zero-order valence-electron chi connectivity index (χ0n) is 11.9. The molecule has 21 heavy (non-hydrogen) atoms. The number of hydrogen-bond acceptors (Lipinski definition) is 3. The summed E-state index contributed by atoms with van der Waals surface area (Å²) in [5.41, 5.74) is 3.54. The van der Waals surface area contributed by atoms with E-state index in [9.17, 15) is 4.79 Å². The molecule has 108 valence electrons. The van der Waals surface area contributed by atoms with Crippen LogP contribution < -0.4 is 5.32 Å². The quantitative estimate of drug-likeness (QED) is 0.909. The van der Waals surface area contributed by atoms with Gasteiger partial charge in [0.1, 0.15) is 5.82 Å². The van der Waals surface area contributed by atoms with Gasteiger partial charge in [-0.25, -0.2) is 4.98 Å². The van der Waals surface area contributed by atoms with Crippen LogP contribution in [0.3, 0.4) is 0 Å². The van der Waals surface area contributed by atoms with Gasteiger partial charge < -0.3 is 5.32 Å². The predicted molar refractivity (Wildman–Crippen MR) is 79.4 cm³/mol. The molecule has 2 N–H and O–H groups in total. The molecule has 2 aromatic rings. The van der Waals surface area contributed by atoms with Crippen molar-refractivity contribution in [1.82, 2.24) is 15.2 Å². The number of benzene rings is 1. The molecule has 4 rings (SSSR count). The lowest BCUT2D eigenvalue weighted by molar-refractivity contribution is 0.101. The maximum absolute atomic E-state index is 12.3. The first-order chi connectivity index (χ1) is 10.3. The summed E-state index contributed by atoms with van der Waals surface area (Å²) in [7, 11) is 0. The van der Waals surface area contributed by atoms with Crippen LogP contribution in [0, 0.1) is 0 Å². The summed E-state index contributed by atoms with van der Waals surface area (Å²) in [6, 6.07) is 6.13. The second-order valence-electron chi connectivity index (χ2n) is 5.92. The molecule has 1 aromatic heterocycles. The molecule has 0 bridgehead atoms. The highest BCUT2D eigenvalue weighted by Crippen LogP contribution is 2.37. The van der Waals surface area contributed by atoms with E-state index in [1.807, 2.05) is 12.1 Å². The first kappa shape index (κ1) is 12.6. The molecule has 2 aliphatic rings. The Balaban J connectivity index is 1.56. The van der Waals surface area contributed by atoms with Crippen LogP contribution in [0.1, 0.15) is 59.2 Å². The number of nitrogens with one attached hydrogen (secondary N) is 2. The number of nitrogens with zero attached hydrogens (tertiary/aromatic N) is 2. The minimum Gasteiger partial charge on any atom is -0.319 e. The van der Waals surface area contributed by atoms with Gasteiger partial charge in [-0.2, -0.15) is 0 Å². The normalized spacial score (nSPS) is 17.3. The van der Waals surface area contributed by atoms with Gasteiger partial charge in [-0.05, 0) is 55.7 Å². The number of H-pyrrole nitrogens is 1. The molecule has 1 amide bonds. The summed E-state index contributed by atoms with van der Waals surface area (Å²) in [6.07, 6.45) is 6.84. The van der Waals surface area contributed by atoms with Crippen molar-refractivity contribution >= 4 is 11.6 Å². The van der Waals surface area contributed by atoms with E-state index in [0.29, 0.717) is 5.92 Å². The Morgan fingerprint density at radius 3 is 2.95 bits per heavy atom. The standard InChI is InChI=1S/C16H18N4O/c21-16(15-18-14(19-20-15)11-8-9-11)17-13-7-3-5-10-4-1-2-6-12(10)13/h3,5,7,11H,1-2,4,6,8-9H2,(H,17,21)(H,18,19,20). The smallest absolute Gasteiger partial charge is 0.295 e. The van der Waals surface area contributed by atoms with E-state index >= 15 is 0 Å². The number of fused-ring (bicyclic) bond motifs is 1. The maximum Gasteiger partial charge on any atom is 0.295 e. The molecular formula is C16H18N4O. The average molecular weight is 282 g/mol. The predicted octanol–water partition coefficient (Wildman–Crippen LogP) is 2.81. The highest BCUT2D eigenvalue weighted by molar-refractivity contribution is 6.02. The highest BCUT2D eigenvalue weighted by Gasteiger charge is 2.28. The Bertz CT molecular complexity index is 687. The Hall–Kier alpha value is -2.17. The second-order valence-corrected chi connectivity index (χ2v) is 5.92. The zero-order valence-corrected chi connectivity index (χ0v) is 11.9. The molecule has 0 atom stereocenters. The molecule has 0 radical (unpaired) electrons. The molecule has 5 nitrogen and oxygen atoms in total. The van der Waals surface area contributed by atoms with Crippen molar-refractivity contribution in [2.75, 3.05) is 5.32 Å². The van der Waals surface area contributed by atoms with Gasteiger partial charge in [0.25, 0.3) is 5.91 Å². The Labute approximate surface area is 123 Å². The minimum atomic E-state index is -0.225. The van der Waals surface area contributed by atoms with Crippen LogP contribution in [0.2, 0.25) is 0 Å². The number of aromatic amines is 1. The molecule has 1 saturated carbocycles. The summed E-state index contributed by atoms with van der Waals surface area (Å²) in [5, 5.41) is 9.89. The lowest BCUT2D eigenvalue weighted by Gasteiger charge is -2.19. The molecule has 0 spiro atoms. The fourth-order valence-electron chi connectivity index (χ4n) is 2.99. The Morgan fingerprint density at radius 2 is 2.10 bits per heavy atom. The topological polar surface area (TPSA) is 70.7 Å². The highest BCUT2D eigenvalue weighted by atomic mass is 16.2. The molecule has 0 aliphatic heterocycles. The third-order valence-corrected chi connectivity index (χ3v) is 4.31. The molecule has 1 heterocycles. The van der Waals surface area contributed by atoms with Gasteiger partial charge in [-0.3, -0.25) is 9.89 Å². The van der Waals surface area contributed by atoms with Gasteiger partial charge >= 0.3 is 0 Å². The van der Waals surface area contributed by atoms with Gasteiger partial charge in [0.2, 0.25) is 5.82 Å². The number of aromatic nitrogens is 3. The van der Waals surface area contributed by atoms with Gasteiger partial charge in [0, 0.05) is 11.6 Å². The second kappa shape index (κ2) is 4.98. The molecule has 0 saturated heterocycles. The Morgan fingerprint density at radius 1 is 1.24 bits per heavy atom. The SMILES string of the molecule is O=C(Nc1cccc2c1CCCC2)c1n[nH]c(C2CC2)n1. The monoisotopic (exact) mass is 282 g/mol. The fraction of sp³-hybridized carbons (Fsp3) is 0.438. The van der Waals surface area contributed by atoms with E-state index in [1.54, 1.807) is 0 Å². The zero-order chi connectivity index (χ0) is 14.2. The van der Waals surface area contributed by atoms with Crippen LogP contribution in [-0.2, 0) is 12.8 Å². The van der Waals surface area contributed by atoms with Crippen molar-refractivity contribution in [3.05, 3.63) is 41.0 Å².